The summed E-state index contributed by atoms with van der Waals surface area (Å²) in [5.74, 6) is 0.934. The Morgan fingerprint density at radius 2 is 2.21 bits per heavy atom. The quantitative estimate of drug-likeness (QED) is 0.714. The molecule has 0 aromatic heterocycles. The molecule has 1 atom stereocenters. The van der Waals surface area contributed by atoms with Gasteiger partial charge in [-0.2, -0.15) is 0 Å². The van der Waals surface area contributed by atoms with Gasteiger partial charge in [0.05, 0.1) is 7.11 Å². The normalized spacial score (nSPS) is 12.5. The van der Waals surface area contributed by atoms with E-state index in [0.717, 1.165) is 5.75 Å². The molecule has 0 saturated heterocycles. The molecule has 1 rings (SSSR count). The van der Waals surface area contributed by atoms with Gasteiger partial charge < -0.3 is 4.74 Å². The molecule has 0 saturated carbocycles. The zero-order chi connectivity index (χ0) is 10.4. The summed E-state index contributed by atoms with van der Waals surface area (Å²) in [6, 6.07) is 8.24. The van der Waals surface area contributed by atoms with Crippen LogP contribution in [0.2, 0.25) is 0 Å². The van der Waals surface area contributed by atoms with Crippen molar-refractivity contribution in [3.05, 3.63) is 29.8 Å². The maximum atomic E-state index is 5.19. The highest BCUT2D eigenvalue weighted by Gasteiger charge is 2.06. The molecular weight excluding hydrogens is 240 g/mol. The maximum Gasteiger partial charge on any atom is 0.119 e. The molecule has 0 aliphatic carbocycles. The molecular formula is C12H17BrO. The van der Waals surface area contributed by atoms with E-state index in [9.17, 15) is 0 Å². The summed E-state index contributed by atoms with van der Waals surface area (Å²) in [5, 5.41) is 0. The SMILES string of the molecule is CCCCC(Br)c1cccc(OC)c1. The van der Waals surface area contributed by atoms with Crippen LogP contribution in [0, 0.1) is 0 Å². The number of rotatable bonds is 5. The van der Waals surface area contributed by atoms with Gasteiger partial charge in [-0.05, 0) is 24.1 Å². The monoisotopic (exact) mass is 256 g/mol. The molecule has 14 heavy (non-hydrogen) atoms. The van der Waals surface area contributed by atoms with Gasteiger partial charge >= 0.3 is 0 Å². The Morgan fingerprint density at radius 1 is 1.43 bits per heavy atom. The summed E-state index contributed by atoms with van der Waals surface area (Å²) in [5.41, 5.74) is 1.30. The molecule has 1 aromatic rings. The van der Waals surface area contributed by atoms with Crippen LogP contribution in [0.3, 0.4) is 0 Å². The molecule has 0 aliphatic heterocycles. The number of unbranched alkanes of at least 4 members (excludes halogenated alkanes) is 1. The highest BCUT2D eigenvalue weighted by molar-refractivity contribution is 9.09. The van der Waals surface area contributed by atoms with Crippen LogP contribution in [-0.4, -0.2) is 7.11 Å². The average Bonchev–Trinajstić information content (AvgIpc) is 2.26. The first kappa shape index (κ1) is 11.6. The third-order valence-electron chi connectivity index (χ3n) is 2.27. The average molecular weight is 257 g/mol. The van der Waals surface area contributed by atoms with E-state index in [1.54, 1.807) is 7.11 Å². The first-order valence-corrected chi connectivity index (χ1v) is 5.97. The van der Waals surface area contributed by atoms with Crippen molar-refractivity contribution in [3.63, 3.8) is 0 Å². The molecule has 1 unspecified atom stereocenters. The molecule has 2 heteroatoms. The van der Waals surface area contributed by atoms with Crippen molar-refractivity contribution in [3.8, 4) is 5.75 Å². The van der Waals surface area contributed by atoms with E-state index < -0.39 is 0 Å². The molecule has 0 amide bonds. The van der Waals surface area contributed by atoms with Gasteiger partial charge in [0.25, 0.3) is 0 Å². The first-order valence-electron chi connectivity index (χ1n) is 5.06. The van der Waals surface area contributed by atoms with Crippen LogP contribution in [0.15, 0.2) is 24.3 Å². The second kappa shape index (κ2) is 6.07. The van der Waals surface area contributed by atoms with Crippen molar-refractivity contribution >= 4 is 15.9 Å². The van der Waals surface area contributed by atoms with Gasteiger partial charge in [0.15, 0.2) is 0 Å². The lowest BCUT2D eigenvalue weighted by Gasteiger charge is -2.10. The Labute approximate surface area is 94.6 Å². The fourth-order valence-electron chi connectivity index (χ4n) is 1.39. The molecule has 1 nitrogen and oxygen atoms in total. The standard InChI is InChI=1S/C12H17BrO/c1-3-4-8-12(13)10-6-5-7-11(9-10)14-2/h5-7,9,12H,3-4,8H2,1-2H3. The summed E-state index contributed by atoms with van der Waals surface area (Å²) in [4.78, 5) is 0.456. The predicted molar refractivity (Wildman–Crippen MR) is 64.2 cm³/mol. The number of benzene rings is 1. The van der Waals surface area contributed by atoms with Crippen molar-refractivity contribution in [2.24, 2.45) is 0 Å². The largest absolute Gasteiger partial charge is 0.497 e. The fraction of sp³-hybridized carbons (Fsp3) is 0.500. The molecule has 0 spiro atoms. The van der Waals surface area contributed by atoms with Gasteiger partial charge in [-0.3, -0.25) is 0 Å². The van der Waals surface area contributed by atoms with Crippen LogP contribution in [0.1, 0.15) is 36.6 Å². The topological polar surface area (TPSA) is 9.23 Å². The van der Waals surface area contributed by atoms with Crippen LogP contribution >= 0.6 is 15.9 Å². The zero-order valence-electron chi connectivity index (χ0n) is 8.79. The third-order valence-corrected chi connectivity index (χ3v) is 3.25. The van der Waals surface area contributed by atoms with Crippen molar-refractivity contribution in [1.82, 2.24) is 0 Å². The molecule has 1 aromatic carbocycles. The van der Waals surface area contributed by atoms with Crippen molar-refractivity contribution in [1.29, 1.82) is 0 Å². The van der Waals surface area contributed by atoms with Crippen molar-refractivity contribution < 1.29 is 4.74 Å². The van der Waals surface area contributed by atoms with E-state index in [2.05, 4.69) is 35.0 Å². The lowest BCUT2D eigenvalue weighted by molar-refractivity contribution is 0.414. The van der Waals surface area contributed by atoms with E-state index in [0.29, 0.717) is 4.83 Å². The Bertz CT molecular complexity index is 273. The second-order valence-corrected chi connectivity index (χ2v) is 4.49. The summed E-state index contributed by atoms with van der Waals surface area (Å²) in [7, 11) is 1.70. The molecule has 78 valence electrons. The van der Waals surface area contributed by atoms with Gasteiger partial charge in [-0.15, -0.1) is 0 Å². The van der Waals surface area contributed by atoms with E-state index in [1.165, 1.54) is 24.8 Å². The molecule has 0 fully saturated rings. The fourth-order valence-corrected chi connectivity index (χ4v) is 1.99. The highest BCUT2D eigenvalue weighted by atomic mass is 79.9. The number of ether oxygens (including phenoxy) is 1. The number of alkyl halides is 1. The van der Waals surface area contributed by atoms with Gasteiger partial charge in [-0.1, -0.05) is 47.8 Å². The smallest absolute Gasteiger partial charge is 0.119 e. The zero-order valence-corrected chi connectivity index (χ0v) is 10.4. The highest BCUT2D eigenvalue weighted by Crippen LogP contribution is 2.30. The predicted octanol–water partition coefficient (Wildman–Crippen LogP) is 4.32. The molecule has 0 aliphatic rings. The van der Waals surface area contributed by atoms with Crippen LogP contribution in [0.4, 0.5) is 0 Å². The molecule has 0 N–H and O–H groups in total. The summed E-state index contributed by atoms with van der Waals surface area (Å²) in [6.45, 7) is 2.21. The van der Waals surface area contributed by atoms with E-state index in [4.69, 9.17) is 4.74 Å². The van der Waals surface area contributed by atoms with Gasteiger partial charge in [0.2, 0.25) is 0 Å². The third kappa shape index (κ3) is 3.33. The van der Waals surface area contributed by atoms with Crippen LogP contribution in [0.25, 0.3) is 0 Å². The van der Waals surface area contributed by atoms with Crippen LogP contribution in [-0.2, 0) is 0 Å². The molecule has 0 heterocycles. The van der Waals surface area contributed by atoms with Crippen LogP contribution < -0.4 is 4.74 Å². The number of hydrogen-bond donors (Lipinski definition) is 0. The van der Waals surface area contributed by atoms with Crippen molar-refractivity contribution in [2.75, 3.05) is 7.11 Å². The minimum absolute atomic E-state index is 0.456. The summed E-state index contributed by atoms with van der Waals surface area (Å²) >= 11 is 3.69. The lowest BCUT2D eigenvalue weighted by atomic mass is 10.1. The Morgan fingerprint density at radius 3 is 2.86 bits per heavy atom. The number of halogens is 1. The van der Waals surface area contributed by atoms with Crippen molar-refractivity contribution in [2.45, 2.75) is 31.0 Å². The van der Waals surface area contributed by atoms with E-state index >= 15 is 0 Å². The minimum Gasteiger partial charge on any atom is -0.497 e. The van der Waals surface area contributed by atoms with E-state index in [-0.39, 0.29) is 0 Å². The Kier molecular flexibility index (Phi) is 5.02. The number of methoxy groups -OCH3 is 1. The summed E-state index contributed by atoms with van der Waals surface area (Å²) < 4.78 is 5.19. The molecule has 0 radical (unpaired) electrons. The van der Waals surface area contributed by atoms with Gasteiger partial charge in [0, 0.05) is 4.83 Å². The Hall–Kier alpha value is -0.500. The number of hydrogen-bond acceptors (Lipinski definition) is 1. The van der Waals surface area contributed by atoms with Gasteiger partial charge in [0.1, 0.15) is 5.75 Å². The Balaban J connectivity index is 2.64. The lowest BCUT2D eigenvalue weighted by Crippen LogP contribution is -1.91. The summed E-state index contributed by atoms with van der Waals surface area (Å²) in [6.07, 6.45) is 3.68. The second-order valence-electron chi connectivity index (χ2n) is 3.39. The van der Waals surface area contributed by atoms with E-state index in [1.807, 2.05) is 12.1 Å². The maximum absolute atomic E-state index is 5.19. The van der Waals surface area contributed by atoms with Crippen LogP contribution in [0.5, 0.6) is 5.75 Å². The van der Waals surface area contributed by atoms with Gasteiger partial charge in [-0.25, -0.2) is 0 Å². The first-order chi connectivity index (χ1) is 6.77. The minimum atomic E-state index is 0.456. The molecule has 0 bridgehead atoms.